The van der Waals surface area contributed by atoms with Gasteiger partial charge in [0.2, 0.25) is 0 Å². The van der Waals surface area contributed by atoms with Gasteiger partial charge in [0.15, 0.2) is 5.17 Å². The number of nitrogens with one attached hydrogen (secondary N) is 1. The molecule has 0 aromatic heterocycles. The summed E-state index contributed by atoms with van der Waals surface area (Å²) in [4.78, 5) is 3.99. The van der Waals surface area contributed by atoms with Crippen molar-refractivity contribution in [3.63, 3.8) is 0 Å². The number of hydrogen-bond donors (Lipinski definition) is 1. The van der Waals surface area contributed by atoms with Crippen LogP contribution in [0.2, 0.25) is 0 Å². The average Bonchev–Trinajstić information content (AvgIpc) is 2.31. The summed E-state index contributed by atoms with van der Waals surface area (Å²) in [5.41, 5.74) is 0. The molecule has 1 rings (SSSR count). The molecule has 1 N–H and O–H groups in total. The number of aliphatic imine (C=N–C) groups is 1. The minimum absolute atomic E-state index is 0.294. The fraction of sp³-hybridized carbons (Fsp3) is 0.833. The molecule has 1 aliphatic heterocycles. The Morgan fingerprint density at radius 3 is 3.20 bits per heavy atom. The first-order valence-corrected chi connectivity index (χ1v) is 4.31. The first-order valence-electron chi connectivity index (χ1n) is 3.32. The molecule has 0 spiro atoms. The van der Waals surface area contributed by atoms with E-state index >= 15 is 0 Å². The van der Waals surface area contributed by atoms with Gasteiger partial charge in [-0.3, -0.25) is 4.99 Å². The second-order valence-electron chi connectivity index (χ2n) is 2.23. The molecule has 0 radical (unpaired) electrons. The number of nitrogens with zero attached hydrogens (tertiary/aromatic N) is 1. The number of amidine groups is 1. The number of hydrogen-bond acceptors (Lipinski definition) is 2. The highest BCUT2D eigenvalue weighted by atomic mass is 32.2. The second-order valence-corrected chi connectivity index (χ2v) is 3.24. The molecular formula is C6H11FN2S. The van der Waals surface area contributed by atoms with Gasteiger partial charge in [-0.1, -0.05) is 11.8 Å². The van der Waals surface area contributed by atoms with E-state index < -0.39 is 0 Å². The van der Waals surface area contributed by atoms with Crippen molar-refractivity contribution in [2.24, 2.45) is 4.99 Å². The van der Waals surface area contributed by atoms with Gasteiger partial charge in [0.25, 0.3) is 0 Å². The molecule has 1 saturated heterocycles. The Labute approximate surface area is 64.3 Å². The van der Waals surface area contributed by atoms with E-state index in [1.807, 2.05) is 0 Å². The summed E-state index contributed by atoms with van der Waals surface area (Å²) in [6.07, 6.45) is 0. The van der Waals surface area contributed by atoms with Gasteiger partial charge >= 0.3 is 0 Å². The van der Waals surface area contributed by atoms with Crippen LogP contribution in [-0.2, 0) is 0 Å². The SMILES string of the molecule is CC1CSC(=NCCF)N1. The predicted molar refractivity (Wildman–Crippen MR) is 43.3 cm³/mol. The van der Waals surface area contributed by atoms with E-state index in [-0.39, 0.29) is 6.67 Å². The van der Waals surface area contributed by atoms with Crippen LogP contribution in [0.25, 0.3) is 0 Å². The van der Waals surface area contributed by atoms with Crippen LogP contribution < -0.4 is 5.32 Å². The minimum atomic E-state index is -0.361. The summed E-state index contributed by atoms with van der Waals surface area (Å²) in [6, 6.07) is 0.489. The number of thioether (sulfide) groups is 1. The Morgan fingerprint density at radius 1 is 1.90 bits per heavy atom. The zero-order valence-corrected chi connectivity index (χ0v) is 6.75. The highest BCUT2D eigenvalue weighted by Crippen LogP contribution is 2.12. The molecule has 0 amide bonds. The molecule has 1 unspecified atom stereocenters. The minimum Gasteiger partial charge on any atom is -0.362 e. The summed E-state index contributed by atoms with van der Waals surface area (Å²) in [5, 5.41) is 4.03. The van der Waals surface area contributed by atoms with Gasteiger partial charge in [0.1, 0.15) is 6.67 Å². The third kappa shape index (κ3) is 2.17. The lowest BCUT2D eigenvalue weighted by molar-refractivity contribution is 0.504. The quantitative estimate of drug-likeness (QED) is 0.656. The van der Waals surface area contributed by atoms with Gasteiger partial charge < -0.3 is 5.32 Å². The van der Waals surface area contributed by atoms with Crippen LogP contribution in [0.15, 0.2) is 4.99 Å². The maximum atomic E-state index is 11.6. The molecule has 1 aliphatic rings. The molecule has 4 heteroatoms. The smallest absolute Gasteiger partial charge is 0.156 e. The number of rotatable bonds is 2. The Bertz CT molecular complexity index is 138. The number of halogens is 1. The summed E-state index contributed by atoms with van der Waals surface area (Å²) in [6.45, 7) is 2.02. The van der Waals surface area contributed by atoms with Crippen LogP contribution in [-0.4, -0.2) is 30.2 Å². The van der Waals surface area contributed by atoms with Crippen molar-refractivity contribution >= 4 is 16.9 Å². The van der Waals surface area contributed by atoms with Crippen LogP contribution in [0.5, 0.6) is 0 Å². The first-order chi connectivity index (χ1) is 4.83. The normalized spacial score (nSPS) is 29.0. The third-order valence-corrected chi connectivity index (χ3v) is 2.37. The topological polar surface area (TPSA) is 24.4 Å². The molecule has 0 saturated carbocycles. The highest BCUT2D eigenvalue weighted by Gasteiger charge is 2.14. The monoisotopic (exact) mass is 162 g/mol. The summed E-state index contributed by atoms with van der Waals surface area (Å²) < 4.78 is 11.6. The van der Waals surface area contributed by atoms with Crippen molar-refractivity contribution < 1.29 is 4.39 Å². The fourth-order valence-electron chi connectivity index (χ4n) is 0.733. The molecule has 1 heterocycles. The zero-order valence-electron chi connectivity index (χ0n) is 5.93. The molecule has 1 fully saturated rings. The maximum absolute atomic E-state index is 11.6. The fourth-order valence-corrected chi connectivity index (χ4v) is 1.69. The van der Waals surface area contributed by atoms with Gasteiger partial charge in [0, 0.05) is 11.8 Å². The van der Waals surface area contributed by atoms with Gasteiger partial charge in [-0.05, 0) is 6.92 Å². The lowest BCUT2D eigenvalue weighted by Crippen LogP contribution is -2.23. The van der Waals surface area contributed by atoms with Crippen LogP contribution in [0.1, 0.15) is 6.92 Å². The zero-order chi connectivity index (χ0) is 7.40. The molecule has 1 atom stereocenters. The van der Waals surface area contributed by atoms with Gasteiger partial charge in [-0.25, -0.2) is 4.39 Å². The average molecular weight is 162 g/mol. The Kier molecular flexibility index (Phi) is 2.99. The summed E-state index contributed by atoms with van der Waals surface area (Å²) in [7, 11) is 0. The second kappa shape index (κ2) is 3.81. The molecular weight excluding hydrogens is 151 g/mol. The highest BCUT2D eigenvalue weighted by molar-refractivity contribution is 8.14. The molecule has 0 aliphatic carbocycles. The Hall–Kier alpha value is -0.250. The first kappa shape index (κ1) is 7.85. The van der Waals surface area contributed by atoms with Gasteiger partial charge in [-0.15, -0.1) is 0 Å². The van der Waals surface area contributed by atoms with E-state index in [2.05, 4.69) is 17.2 Å². The van der Waals surface area contributed by atoms with Crippen molar-refractivity contribution in [3.8, 4) is 0 Å². The molecule has 0 bridgehead atoms. The van der Waals surface area contributed by atoms with Crippen molar-refractivity contribution in [2.45, 2.75) is 13.0 Å². The predicted octanol–water partition coefficient (Wildman–Crippen LogP) is 1.04. The molecule has 0 aromatic rings. The maximum Gasteiger partial charge on any atom is 0.156 e. The van der Waals surface area contributed by atoms with Gasteiger partial charge in [0.05, 0.1) is 6.54 Å². The Morgan fingerprint density at radius 2 is 2.70 bits per heavy atom. The standard InChI is InChI=1S/C6H11FN2S/c1-5-4-10-6(9-5)8-3-2-7/h5H,2-4H2,1H3,(H,8,9). The lowest BCUT2D eigenvalue weighted by atomic mass is 10.4. The van der Waals surface area contributed by atoms with Crippen molar-refractivity contribution in [1.29, 1.82) is 0 Å². The molecule has 0 aromatic carbocycles. The van der Waals surface area contributed by atoms with Crippen molar-refractivity contribution in [1.82, 2.24) is 5.32 Å². The third-order valence-electron chi connectivity index (χ3n) is 1.18. The van der Waals surface area contributed by atoms with E-state index in [1.54, 1.807) is 11.8 Å². The summed E-state index contributed by atoms with van der Waals surface area (Å²) in [5.74, 6) is 1.05. The van der Waals surface area contributed by atoms with Gasteiger partial charge in [-0.2, -0.15) is 0 Å². The summed E-state index contributed by atoms with van der Waals surface area (Å²) >= 11 is 1.66. The largest absolute Gasteiger partial charge is 0.362 e. The van der Waals surface area contributed by atoms with E-state index in [0.717, 1.165) is 10.9 Å². The van der Waals surface area contributed by atoms with E-state index in [0.29, 0.717) is 12.6 Å². The molecule has 10 heavy (non-hydrogen) atoms. The Balaban J connectivity index is 2.29. The molecule has 2 nitrogen and oxygen atoms in total. The van der Waals surface area contributed by atoms with Crippen LogP contribution in [0.3, 0.4) is 0 Å². The lowest BCUT2D eigenvalue weighted by Gasteiger charge is -1.98. The van der Waals surface area contributed by atoms with Crippen LogP contribution in [0, 0.1) is 0 Å². The van der Waals surface area contributed by atoms with E-state index in [9.17, 15) is 4.39 Å². The van der Waals surface area contributed by atoms with Crippen LogP contribution in [0.4, 0.5) is 4.39 Å². The van der Waals surface area contributed by atoms with E-state index in [4.69, 9.17) is 0 Å². The number of alkyl halides is 1. The van der Waals surface area contributed by atoms with Crippen molar-refractivity contribution in [2.75, 3.05) is 19.0 Å². The van der Waals surface area contributed by atoms with E-state index in [1.165, 1.54) is 0 Å². The molecule has 58 valence electrons. The van der Waals surface area contributed by atoms with Crippen LogP contribution >= 0.6 is 11.8 Å². The van der Waals surface area contributed by atoms with Crippen molar-refractivity contribution in [3.05, 3.63) is 0 Å².